The van der Waals surface area contributed by atoms with Crippen molar-refractivity contribution in [3.05, 3.63) is 59.8 Å². The Morgan fingerprint density at radius 3 is 2.30 bits per heavy atom. The lowest BCUT2D eigenvalue weighted by Crippen LogP contribution is -2.30. The Morgan fingerprint density at radius 1 is 1.09 bits per heavy atom. The Kier molecular flexibility index (Phi) is 4.07. The first-order valence-electron chi connectivity index (χ1n) is 7.96. The van der Waals surface area contributed by atoms with Crippen LogP contribution in [0.15, 0.2) is 48.7 Å². The van der Waals surface area contributed by atoms with Crippen LogP contribution in [-0.2, 0) is 5.41 Å². The molecule has 1 heterocycles. The van der Waals surface area contributed by atoms with Gasteiger partial charge in [-0.3, -0.25) is 4.79 Å². The number of hydrogen-bond donors (Lipinski definition) is 0. The predicted octanol–water partition coefficient (Wildman–Crippen LogP) is 2.95. The zero-order valence-electron chi connectivity index (χ0n) is 14.0. The zero-order valence-corrected chi connectivity index (χ0v) is 14.0. The Hall–Kier alpha value is -2.36. The number of hydrogen-bond acceptors (Lipinski definition) is 3. The Labute approximate surface area is 137 Å². The van der Waals surface area contributed by atoms with Crippen molar-refractivity contribution in [2.24, 2.45) is 0 Å². The van der Waals surface area contributed by atoms with Gasteiger partial charge in [0.15, 0.2) is 0 Å². The molecule has 1 aliphatic rings. The third kappa shape index (κ3) is 3.21. The second-order valence-corrected chi connectivity index (χ2v) is 6.61. The number of anilines is 1. The fraction of sp³-hybridized carbons (Fsp3) is 0.368. The van der Waals surface area contributed by atoms with Crippen LogP contribution >= 0.6 is 0 Å². The predicted molar refractivity (Wildman–Crippen MR) is 92.9 cm³/mol. The first kappa shape index (κ1) is 15.5. The molecular weight excluding hydrogens is 286 g/mol. The van der Waals surface area contributed by atoms with Crippen molar-refractivity contribution in [2.75, 3.05) is 32.6 Å². The van der Waals surface area contributed by atoms with Crippen LogP contribution < -0.4 is 4.90 Å². The topological polar surface area (TPSA) is 36.4 Å². The van der Waals surface area contributed by atoms with Gasteiger partial charge in [0.05, 0.1) is 5.56 Å². The standard InChI is InChI=1S/C19H23N3O/c1-21(2)18(23)15-9-10-17(20-13-15)22(3)14-19(11-12-19)16-7-5-4-6-8-16/h4-10,13H,11-12,14H2,1-3H3. The van der Waals surface area contributed by atoms with Gasteiger partial charge in [-0.1, -0.05) is 30.3 Å². The van der Waals surface area contributed by atoms with E-state index >= 15 is 0 Å². The Morgan fingerprint density at radius 2 is 1.78 bits per heavy atom. The summed E-state index contributed by atoms with van der Waals surface area (Å²) in [5, 5.41) is 0. The molecule has 0 aliphatic heterocycles. The number of carbonyl (C=O) groups excluding carboxylic acids is 1. The summed E-state index contributed by atoms with van der Waals surface area (Å²) in [7, 11) is 5.57. The fourth-order valence-corrected chi connectivity index (χ4v) is 3.01. The summed E-state index contributed by atoms with van der Waals surface area (Å²) in [6.45, 7) is 0.949. The minimum Gasteiger partial charge on any atom is -0.359 e. The van der Waals surface area contributed by atoms with Gasteiger partial charge in [-0.25, -0.2) is 4.98 Å². The quantitative estimate of drug-likeness (QED) is 0.852. The maximum absolute atomic E-state index is 11.9. The lowest BCUT2D eigenvalue weighted by Gasteiger charge is -2.25. The maximum atomic E-state index is 11.9. The molecule has 1 aliphatic carbocycles. The van der Waals surface area contributed by atoms with E-state index in [1.54, 1.807) is 25.2 Å². The number of nitrogens with zero attached hydrogens (tertiary/aromatic N) is 3. The van der Waals surface area contributed by atoms with E-state index in [-0.39, 0.29) is 11.3 Å². The van der Waals surface area contributed by atoms with Crippen LogP contribution in [0.2, 0.25) is 0 Å². The largest absolute Gasteiger partial charge is 0.359 e. The van der Waals surface area contributed by atoms with Crippen LogP contribution in [0.3, 0.4) is 0 Å². The number of likely N-dealkylation sites (N-methyl/N-ethyl adjacent to an activating group) is 1. The molecule has 1 saturated carbocycles. The third-order valence-corrected chi connectivity index (χ3v) is 4.57. The molecule has 0 atom stereocenters. The highest BCUT2D eigenvalue weighted by Crippen LogP contribution is 2.48. The van der Waals surface area contributed by atoms with Crippen LogP contribution in [0, 0.1) is 0 Å². The van der Waals surface area contributed by atoms with Gasteiger partial charge < -0.3 is 9.80 Å². The number of rotatable bonds is 5. The van der Waals surface area contributed by atoms with Crippen molar-refractivity contribution in [1.82, 2.24) is 9.88 Å². The SMILES string of the molecule is CN(C)C(=O)c1ccc(N(C)CC2(c3ccccc3)CC2)nc1. The summed E-state index contributed by atoms with van der Waals surface area (Å²) in [6, 6.07) is 14.5. The molecule has 2 aromatic rings. The highest BCUT2D eigenvalue weighted by atomic mass is 16.2. The van der Waals surface area contributed by atoms with Gasteiger partial charge in [0, 0.05) is 39.3 Å². The second-order valence-electron chi connectivity index (χ2n) is 6.61. The minimum atomic E-state index is -0.0188. The van der Waals surface area contributed by atoms with Gasteiger partial charge in [-0.2, -0.15) is 0 Å². The Bertz CT molecular complexity index is 676. The van der Waals surface area contributed by atoms with E-state index in [1.165, 1.54) is 18.4 Å². The first-order chi connectivity index (χ1) is 11.0. The molecule has 1 aromatic heterocycles. The molecule has 0 spiro atoms. The van der Waals surface area contributed by atoms with E-state index in [2.05, 4.69) is 47.3 Å². The number of benzene rings is 1. The summed E-state index contributed by atoms with van der Waals surface area (Å²) >= 11 is 0. The maximum Gasteiger partial charge on any atom is 0.254 e. The van der Waals surface area contributed by atoms with E-state index in [0.29, 0.717) is 5.56 Å². The minimum absolute atomic E-state index is 0.0188. The molecule has 3 rings (SSSR count). The van der Waals surface area contributed by atoms with Crippen molar-refractivity contribution >= 4 is 11.7 Å². The van der Waals surface area contributed by atoms with Gasteiger partial charge in [0.2, 0.25) is 0 Å². The number of pyridine rings is 1. The number of amides is 1. The normalized spacial score (nSPS) is 15.1. The highest BCUT2D eigenvalue weighted by molar-refractivity contribution is 5.93. The molecule has 1 aromatic carbocycles. The summed E-state index contributed by atoms with van der Waals surface area (Å²) in [6.07, 6.45) is 4.10. The lowest BCUT2D eigenvalue weighted by atomic mass is 9.95. The molecule has 0 bridgehead atoms. The van der Waals surface area contributed by atoms with E-state index in [0.717, 1.165) is 12.4 Å². The summed E-state index contributed by atoms with van der Waals surface area (Å²) in [5.41, 5.74) is 2.29. The van der Waals surface area contributed by atoms with Crippen LogP contribution in [0.5, 0.6) is 0 Å². The average Bonchev–Trinajstić information content (AvgIpc) is 3.36. The molecule has 0 radical (unpaired) electrons. The number of carbonyl (C=O) groups is 1. The molecule has 1 fully saturated rings. The van der Waals surface area contributed by atoms with Crippen molar-refractivity contribution in [3.63, 3.8) is 0 Å². The number of aromatic nitrogens is 1. The van der Waals surface area contributed by atoms with E-state index in [1.807, 2.05) is 12.1 Å². The Balaban J connectivity index is 1.72. The lowest BCUT2D eigenvalue weighted by molar-refractivity contribution is 0.0827. The first-order valence-corrected chi connectivity index (χ1v) is 7.96. The monoisotopic (exact) mass is 309 g/mol. The van der Waals surface area contributed by atoms with Gasteiger partial charge in [-0.15, -0.1) is 0 Å². The van der Waals surface area contributed by atoms with Crippen molar-refractivity contribution in [2.45, 2.75) is 18.3 Å². The third-order valence-electron chi connectivity index (χ3n) is 4.57. The molecule has 0 unspecified atom stereocenters. The van der Waals surface area contributed by atoms with Crippen LogP contribution in [0.4, 0.5) is 5.82 Å². The molecule has 4 heteroatoms. The molecule has 0 saturated heterocycles. The molecule has 1 amide bonds. The van der Waals surface area contributed by atoms with Gasteiger partial charge in [-0.05, 0) is 30.5 Å². The van der Waals surface area contributed by atoms with Crippen molar-refractivity contribution < 1.29 is 4.79 Å². The van der Waals surface area contributed by atoms with Crippen molar-refractivity contribution in [1.29, 1.82) is 0 Å². The molecule has 4 nitrogen and oxygen atoms in total. The smallest absolute Gasteiger partial charge is 0.254 e. The zero-order chi connectivity index (χ0) is 16.4. The van der Waals surface area contributed by atoms with Crippen LogP contribution in [0.1, 0.15) is 28.8 Å². The summed E-state index contributed by atoms with van der Waals surface area (Å²) < 4.78 is 0. The average molecular weight is 309 g/mol. The fourth-order valence-electron chi connectivity index (χ4n) is 3.01. The molecule has 0 N–H and O–H groups in total. The van der Waals surface area contributed by atoms with Gasteiger partial charge in [0.25, 0.3) is 5.91 Å². The van der Waals surface area contributed by atoms with Crippen molar-refractivity contribution in [3.8, 4) is 0 Å². The second kappa shape index (κ2) is 6.03. The molecule has 23 heavy (non-hydrogen) atoms. The van der Waals surface area contributed by atoms with E-state index in [9.17, 15) is 4.79 Å². The van der Waals surface area contributed by atoms with Crippen LogP contribution in [0.25, 0.3) is 0 Å². The molecule has 120 valence electrons. The highest BCUT2D eigenvalue weighted by Gasteiger charge is 2.45. The summed E-state index contributed by atoms with van der Waals surface area (Å²) in [5.74, 6) is 0.886. The van der Waals surface area contributed by atoms with E-state index < -0.39 is 0 Å². The van der Waals surface area contributed by atoms with Crippen LogP contribution in [-0.4, -0.2) is 43.5 Å². The summed E-state index contributed by atoms with van der Waals surface area (Å²) in [4.78, 5) is 20.1. The van der Waals surface area contributed by atoms with Gasteiger partial charge >= 0.3 is 0 Å². The van der Waals surface area contributed by atoms with Gasteiger partial charge in [0.1, 0.15) is 5.82 Å². The molecular formula is C19H23N3O. The van der Waals surface area contributed by atoms with E-state index in [4.69, 9.17) is 0 Å².